The number of aliphatic hydroxyl groups excluding tert-OH is 1. The van der Waals surface area contributed by atoms with Gasteiger partial charge in [0.15, 0.2) is 17.8 Å². The summed E-state index contributed by atoms with van der Waals surface area (Å²) in [6.45, 7) is 3.48. The van der Waals surface area contributed by atoms with E-state index in [1.807, 2.05) is 13.8 Å². The molecule has 0 spiro atoms. The van der Waals surface area contributed by atoms with Crippen molar-refractivity contribution in [3.63, 3.8) is 0 Å². The number of para-hydroxylation sites is 1. The molecule has 0 unspecified atom stereocenters. The molecule has 4 rings (SSSR count). The lowest BCUT2D eigenvalue weighted by atomic mass is 10.1. The largest absolute Gasteiger partial charge is 0.416 e. The van der Waals surface area contributed by atoms with E-state index in [0.29, 0.717) is 34.9 Å². The summed E-state index contributed by atoms with van der Waals surface area (Å²) in [5, 5.41) is 18.6. The summed E-state index contributed by atoms with van der Waals surface area (Å²) in [7, 11) is 0. The number of aromatic nitrogens is 6. The van der Waals surface area contributed by atoms with Gasteiger partial charge in [0.05, 0.1) is 17.8 Å². The minimum absolute atomic E-state index is 0.0884. The van der Waals surface area contributed by atoms with E-state index in [2.05, 4.69) is 15.2 Å². The molecule has 0 saturated carbocycles. The predicted molar refractivity (Wildman–Crippen MR) is 137 cm³/mol. The number of hydrogen-bond donors (Lipinski definition) is 1. The number of hydrogen-bond acceptors (Lipinski definition) is 6. The van der Waals surface area contributed by atoms with E-state index < -0.39 is 24.5 Å². The van der Waals surface area contributed by atoms with Crippen LogP contribution in [0.5, 0.6) is 0 Å². The molecule has 14 heteroatoms. The first-order chi connectivity index (χ1) is 18.5. The Morgan fingerprint density at radius 2 is 1.74 bits per heavy atom. The quantitative estimate of drug-likeness (QED) is 0.334. The van der Waals surface area contributed by atoms with Gasteiger partial charge < -0.3 is 10.0 Å². The van der Waals surface area contributed by atoms with Crippen LogP contribution in [-0.2, 0) is 13.1 Å². The van der Waals surface area contributed by atoms with Crippen LogP contribution in [0, 0.1) is 0 Å². The molecule has 4 aromatic rings. The summed E-state index contributed by atoms with van der Waals surface area (Å²) in [5.41, 5.74) is 0.315. The van der Waals surface area contributed by atoms with Crippen LogP contribution in [0.2, 0.25) is 5.02 Å². The molecule has 1 amide bonds. The Morgan fingerprint density at radius 1 is 1.08 bits per heavy atom. The second-order valence-corrected chi connectivity index (χ2v) is 8.98. The van der Waals surface area contributed by atoms with E-state index in [0.717, 1.165) is 9.25 Å². The Bertz CT molecular complexity index is 1510. The molecule has 1 atom stereocenters. The maximum atomic E-state index is 13.1. The third-order valence-electron chi connectivity index (χ3n) is 6.02. The van der Waals surface area contributed by atoms with E-state index in [1.165, 1.54) is 35.3 Å². The number of carbonyl (C=O) groups is 1. The van der Waals surface area contributed by atoms with E-state index >= 15 is 0 Å². The number of rotatable bonds is 9. The molecular formula is C25H25ClF3N7O3. The second kappa shape index (κ2) is 11.4. The average molecular weight is 564 g/mol. The van der Waals surface area contributed by atoms with Crippen molar-refractivity contribution >= 4 is 17.5 Å². The van der Waals surface area contributed by atoms with Crippen LogP contribution in [-0.4, -0.2) is 70.4 Å². The van der Waals surface area contributed by atoms with E-state index in [9.17, 15) is 27.9 Å². The molecular weight excluding hydrogens is 539 g/mol. The van der Waals surface area contributed by atoms with Crippen molar-refractivity contribution in [2.45, 2.75) is 39.2 Å². The van der Waals surface area contributed by atoms with Crippen molar-refractivity contribution in [3.8, 4) is 17.1 Å². The lowest BCUT2D eigenvalue weighted by Crippen LogP contribution is -2.37. The number of aliphatic hydroxyl groups is 1. The van der Waals surface area contributed by atoms with Crippen LogP contribution >= 0.6 is 11.6 Å². The summed E-state index contributed by atoms with van der Waals surface area (Å²) < 4.78 is 42.3. The van der Waals surface area contributed by atoms with Gasteiger partial charge in [0.2, 0.25) is 0 Å². The molecule has 2 heterocycles. The zero-order valence-corrected chi connectivity index (χ0v) is 21.8. The zero-order valence-electron chi connectivity index (χ0n) is 21.0. The fourth-order valence-corrected chi connectivity index (χ4v) is 4.08. The molecule has 0 aliphatic carbocycles. The highest BCUT2D eigenvalue weighted by Gasteiger charge is 2.39. The van der Waals surface area contributed by atoms with Crippen LogP contribution < -0.4 is 5.69 Å². The molecule has 2 aromatic carbocycles. The smallest absolute Gasteiger partial charge is 0.382 e. The zero-order chi connectivity index (χ0) is 28.3. The minimum atomic E-state index is -4.94. The third-order valence-corrected chi connectivity index (χ3v) is 6.27. The molecule has 0 aliphatic heterocycles. The molecule has 0 saturated heterocycles. The van der Waals surface area contributed by atoms with Crippen LogP contribution in [0.3, 0.4) is 0 Å². The van der Waals surface area contributed by atoms with Gasteiger partial charge in [0.25, 0.3) is 5.91 Å². The fraction of sp³-hybridized carbons (Fsp3) is 0.320. The first-order valence-corrected chi connectivity index (χ1v) is 12.4. The molecule has 2 aromatic heterocycles. The van der Waals surface area contributed by atoms with Gasteiger partial charge in [0.1, 0.15) is 12.9 Å². The molecule has 206 valence electrons. The van der Waals surface area contributed by atoms with Crippen molar-refractivity contribution in [1.29, 1.82) is 0 Å². The highest BCUT2D eigenvalue weighted by molar-refractivity contribution is 6.30. The van der Waals surface area contributed by atoms with Gasteiger partial charge in [-0.25, -0.2) is 19.1 Å². The fourth-order valence-electron chi connectivity index (χ4n) is 3.95. The minimum Gasteiger partial charge on any atom is -0.382 e. The Labute approximate surface area is 225 Å². The normalized spacial score (nSPS) is 12.5. The van der Waals surface area contributed by atoms with E-state index in [-0.39, 0.29) is 24.1 Å². The topological polar surface area (TPSA) is 111 Å². The van der Waals surface area contributed by atoms with Gasteiger partial charge in [-0.2, -0.15) is 13.2 Å². The monoisotopic (exact) mass is 563 g/mol. The number of halogens is 4. The molecule has 39 heavy (non-hydrogen) atoms. The Kier molecular flexibility index (Phi) is 8.21. The highest BCUT2D eigenvalue weighted by atomic mass is 35.5. The summed E-state index contributed by atoms with van der Waals surface area (Å²) >= 11 is 5.92. The molecule has 0 radical (unpaired) electrons. The Hall–Kier alpha value is -3.97. The molecule has 0 aliphatic rings. The highest BCUT2D eigenvalue weighted by Crippen LogP contribution is 2.24. The van der Waals surface area contributed by atoms with Crippen LogP contribution in [0.25, 0.3) is 17.1 Å². The van der Waals surface area contributed by atoms with Crippen molar-refractivity contribution in [1.82, 2.24) is 34.0 Å². The van der Waals surface area contributed by atoms with Crippen molar-refractivity contribution < 1.29 is 23.1 Å². The number of nitrogens with zero attached hydrogens (tertiary/aromatic N) is 7. The van der Waals surface area contributed by atoms with Crippen LogP contribution in [0.15, 0.2) is 59.7 Å². The average Bonchev–Trinajstić information content (AvgIpc) is 3.50. The van der Waals surface area contributed by atoms with Crippen molar-refractivity contribution in [2.75, 3.05) is 13.1 Å². The molecule has 0 fully saturated rings. The summed E-state index contributed by atoms with van der Waals surface area (Å²) in [4.78, 5) is 32.0. The van der Waals surface area contributed by atoms with Gasteiger partial charge in [-0.15, -0.1) is 10.2 Å². The van der Waals surface area contributed by atoms with Gasteiger partial charge in [-0.3, -0.25) is 9.36 Å². The first-order valence-electron chi connectivity index (χ1n) is 12.0. The lowest BCUT2D eigenvalue weighted by Gasteiger charge is -2.20. The van der Waals surface area contributed by atoms with Crippen LogP contribution in [0.1, 0.15) is 30.0 Å². The Morgan fingerprint density at radius 3 is 2.38 bits per heavy atom. The van der Waals surface area contributed by atoms with Gasteiger partial charge in [-0.1, -0.05) is 23.7 Å². The number of amides is 1. The summed E-state index contributed by atoms with van der Waals surface area (Å²) in [5.74, 6) is -0.140. The number of carbonyl (C=O) groups excluding carboxylic acids is 1. The number of benzene rings is 2. The van der Waals surface area contributed by atoms with Crippen molar-refractivity contribution in [2.24, 2.45) is 0 Å². The second-order valence-electron chi connectivity index (χ2n) is 8.54. The lowest BCUT2D eigenvalue weighted by molar-refractivity contribution is -0.207. The van der Waals surface area contributed by atoms with Gasteiger partial charge >= 0.3 is 11.9 Å². The first kappa shape index (κ1) is 28.0. The Balaban J connectivity index is 1.69. The predicted octanol–water partition coefficient (Wildman–Crippen LogP) is 3.40. The summed E-state index contributed by atoms with van der Waals surface area (Å²) in [6.07, 6.45) is -6.34. The molecule has 10 nitrogen and oxygen atoms in total. The maximum Gasteiger partial charge on any atom is 0.416 e. The van der Waals surface area contributed by atoms with Crippen molar-refractivity contribution in [3.05, 3.63) is 81.8 Å². The SMILES string of the molecule is CCN(CC)C(=O)c1ccccc1-n1cnc(Cn2nc(-c3ccc(Cl)cc3)n(C[C@H](O)C(F)(F)F)c2=O)n1. The maximum absolute atomic E-state index is 13.1. The van der Waals surface area contributed by atoms with Gasteiger partial charge in [0, 0.05) is 23.7 Å². The third kappa shape index (κ3) is 6.04. The van der Waals surface area contributed by atoms with Gasteiger partial charge in [-0.05, 0) is 50.2 Å². The van der Waals surface area contributed by atoms with Crippen LogP contribution in [0.4, 0.5) is 13.2 Å². The summed E-state index contributed by atoms with van der Waals surface area (Å²) in [6, 6.07) is 12.9. The molecule has 0 bridgehead atoms. The van der Waals surface area contributed by atoms with E-state index in [1.54, 1.807) is 29.2 Å². The number of alkyl halides is 3. The standard InChI is InChI=1S/C25H25ClF3N7O3/c1-3-33(4-2)23(38)18-7-5-6-8-19(18)36-15-30-21(31-36)14-35-24(39)34(13-20(37)25(27,28)29)22(32-35)16-9-11-17(26)12-10-16/h5-12,15,20,37H,3-4,13-14H2,1-2H3/t20-/m0/s1. The molecule has 1 N–H and O–H groups in total. The van der Waals surface area contributed by atoms with E-state index in [4.69, 9.17) is 11.6 Å².